The van der Waals surface area contributed by atoms with E-state index in [0.717, 1.165) is 6.20 Å². The number of non-ortho nitro benzene ring substituents is 1. The van der Waals surface area contributed by atoms with Gasteiger partial charge in [0.1, 0.15) is 29.3 Å². The molecule has 11 nitrogen and oxygen atoms in total. The second-order valence-electron chi connectivity index (χ2n) is 5.19. The van der Waals surface area contributed by atoms with Crippen LogP contribution in [-0.2, 0) is 0 Å². The van der Waals surface area contributed by atoms with Crippen molar-refractivity contribution in [3.05, 3.63) is 74.7 Å². The first-order valence-electron chi connectivity index (χ1n) is 7.41. The minimum Gasteiger partial charge on any atom is -0.507 e. The van der Waals surface area contributed by atoms with Crippen molar-refractivity contribution in [1.29, 1.82) is 0 Å². The van der Waals surface area contributed by atoms with Crippen LogP contribution in [0.5, 0.6) is 5.75 Å². The van der Waals surface area contributed by atoms with Crippen molar-refractivity contribution in [3.8, 4) is 17.1 Å². The average molecular weight is 369 g/mol. The Kier molecular flexibility index (Phi) is 4.75. The number of aromatic hydroxyl groups is 1. The van der Waals surface area contributed by atoms with Crippen LogP contribution in [0.3, 0.4) is 0 Å². The molecule has 2 aromatic heterocycles. The van der Waals surface area contributed by atoms with Crippen molar-refractivity contribution in [2.24, 2.45) is 5.10 Å². The molecule has 0 radical (unpaired) electrons. The molecule has 0 amide bonds. The molecule has 0 bridgehead atoms. The van der Waals surface area contributed by atoms with E-state index in [4.69, 9.17) is 4.42 Å². The van der Waals surface area contributed by atoms with Crippen molar-refractivity contribution >= 4 is 23.4 Å². The Balaban J connectivity index is 1.72. The maximum Gasteiger partial charge on any atom is 0.287 e. The Hall–Kier alpha value is -4.28. The summed E-state index contributed by atoms with van der Waals surface area (Å²) in [5.41, 5.74) is 2.43. The average Bonchev–Trinajstić information content (AvgIpc) is 3.11. The number of nitrogens with zero attached hydrogens (tertiary/aromatic N) is 4. The van der Waals surface area contributed by atoms with E-state index in [-0.39, 0.29) is 28.4 Å². The fourth-order valence-electron chi connectivity index (χ4n) is 2.12. The summed E-state index contributed by atoms with van der Waals surface area (Å²) < 4.78 is 5.49. The summed E-state index contributed by atoms with van der Waals surface area (Å²) in [4.78, 5) is 24.1. The second kappa shape index (κ2) is 7.31. The van der Waals surface area contributed by atoms with Gasteiger partial charge in [0.05, 0.1) is 21.6 Å². The molecule has 136 valence electrons. The van der Waals surface area contributed by atoms with E-state index in [2.05, 4.69) is 15.5 Å². The number of benzene rings is 1. The third-order valence-corrected chi connectivity index (χ3v) is 3.41. The van der Waals surface area contributed by atoms with Crippen molar-refractivity contribution in [3.63, 3.8) is 0 Å². The molecule has 11 heteroatoms. The van der Waals surface area contributed by atoms with E-state index in [1.165, 1.54) is 42.6 Å². The highest BCUT2D eigenvalue weighted by Crippen LogP contribution is 2.33. The molecule has 1 aromatic carbocycles. The number of hydrogen-bond acceptors (Lipinski definition) is 9. The fraction of sp³-hybridized carbons (Fsp3) is 0. The van der Waals surface area contributed by atoms with Gasteiger partial charge < -0.3 is 9.52 Å². The number of anilines is 1. The summed E-state index contributed by atoms with van der Waals surface area (Å²) >= 11 is 0. The van der Waals surface area contributed by atoms with Gasteiger partial charge in [0.25, 0.3) is 11.4 Å². The normalized spacial score (nSPS) is 10.8. The van der Waals surface area contributed by atoms with E-state index in [1.54, 1.807) is 6.07 Å². The number of pyridine rings is 1. The molecule has 27 heavy (non-hydrogen) atoms. The number of nitro groups is 2. The summed E-state index contributed by atoms with van der Waals surface area (Å²) in [6.45, 7) is 0. The summed E-state index contributed by atoms with van der Waals surface area (Å²) in [5, 5.41) is 35.2. The zero-order valence-corrected chi connectivity index (χ0v) is 13.5. The lowest BCUT2D eigenvalue weighted by atomic mass is 10.1. The SMILES string of the molecule is O=[N+]([O-])c1ccc(N/N=C/c2ccc(-c3cc([N+](=O)[O-])ccc3O)o2)nc1. The smallest absolute Gasteiger partial charge is 0.287 e. The molecular weight excluding hydrogens is 358 g/mol. The first-order valence-corrected chi connectivity index (χ1v) is 7.41. The van der Waals surface area contributed by atoms with Crippen molar-refractivity contribution < 1.29 is 19.4 Å². The van der Waals surface area contributed by atoms with Crippen LogP contribution in [0, 0.1) is 20.2 Å². The lowest BCUT2D eigenvalue weighted by Crippen LogP contribution is -1.94. The van der Waals surface area contributed by atoms with Gasteiger partial charge >= 0.3 is 0 Å². The van der Waals surface area contributed by atoms with Gasteiger partial charge in [-0.3, -0.25) is 25.7 Å². The molecule has 0 aliphatic heterocycles. The van der Waals surface area contributed by atoms with Crippen LogP contribution >= 0.6 is 0 Å². The number of phenolic OH excluding ortho intramolecular Hbond substituents is 1. The van der Waals surface area contributed by atoms with Crippen molar-refractivity contribution in [1.82, 2.24) is 4.98 Å². The first kappa shape index (κ1) is 17.5. The molecule has 3 aromatic rings. The van der Waals surface area contributed by atoms with Crippen LogP contribution in [-0.4, -0.2) is 26.2 Å². The predicted molar refractivity (Wildman–Crippen MR) is 94.6 cm³/mol. The molecule has 0 aliphatic rings. The molecule has 0 spiro atoms. The number of nitro benzene ring substituents is 1. The first-order chi connectivity index (χ1) is 12.9. The van der Waals surface area contributed by atoms with Gasteiger partial charge in [-0.05, 0) is 24.3 Å². The minimum absolute atomic E-state index is 0.142. The number of hydrogen-bond donors (Lipinski definition) is 2. The van der Waals surface area contributed by atoms with Crippen molar-refractivity contribution in [2.45, 2.75) is 0 Å². The number of aromatic nitrogens is 1. The molecule has 0 fully saturated rings. The van der Waals surface area contributed by atoms with Gasteiger partial charge in [0, 0.05) is 18.2 Å². The monoisotopic (exact) mass is 369 g/mol. The number of phenols is 1. The lowest BCUT2D eigenvalue weighted by molar-refractivity contribution is -0.385. The zero-order valence-electron chi connectivity index (χ0n) is 13.5. The van der Waals surface area contributed by atoms with Crippen LogP contribution in [0.15, 0.2) is 58.2 Å². The molecule has 0 unspecified atom stereocenters. The molecule has 3 rings (SSSR count). The van der Waals surface area contributed by atoms with Crippen LogP contribution in [0.2, 0.25) is 0 Å². The Morgan fingerprint density at radius 3 is 2.48 bits per heavy atom. The van der Waals surface area contributed by atoms with E-state index in [1.807, 2.05) is 0 Å². The van der Waals surface area contributed by atoms with Gasteiger partial charge in [-0.25, -0.2) is 4.98 Å². The maximum atomic E-state index is 10.9. The second-order valence-corrected chi connectivity index (χ2v) is 5.19. The number of furan rings is 1. The molecule has 2 heterocycles. The molecule has 0 saturated carbocycles. The Bertz CT molecular complexity index is 1030. The number of nitrogens with one attached hydrogen (secondary N) is 1. The summed E-state index contributed by atoms with van der Waals surface area (Å²) in [6.07, 6.45) is 2.41. The number of hydrazone groups is 1. The standard InChI is InChI=1S/C16H11N5O6/c22-14-4-1-10(20(23)24)7-13(14)15-5-3-12(27-15)9-18-19-16-6-2-11(8-17-16)21(25)26/h1-9,22H,(H,17,19)/b18-9+. The predicted octanol–water partition coefficient (Wildman–Crippen LogP) is 3.31. The topological polar surface area (TPSA) is 157 Å². The third kappa shape index (κ3) is 4.04. The van der Waals surface area contributed by atoms with Gasteiger partial charge in [0.2, 0.25) is 0 Å². The lowest BCUT2D eigenvalue weighted by Gasteiger charge is -2.01. The Labute approximate surface area is 150 Å². The fourth-order valence-corrected chi connectivity index (χ4v) is 2.12. The molecular formula is C16H11N5O6. The Morgan fingerprint density at radius 2 is 1.81 bits per heavy atom. The molecule has 0 atom stereocenters. The van der Waals surface area contributed by atoms with Crippen LogP contribution in [0.4, 0.5) is 17.2 Å². The summed E-state index contributed by atoms with van der Waals surface area (Å²) in [7, 11) is 0. The van der Waals surface area contributed by atoms with Crippen LogP contribution in [0.1, 0.15) is 5.76 Å². The van der Waals surface area contributed by atoms with Gasteiger partial charge in [-0.15, -0.1) is 0 Å². The zero-order chi connectivity index (χ0) is 19.4. The highest BCUT2D eigenvalue weighted by atomic mass is 16.6. The quantitative estimate of drug-likeness (QED) is 0.380. The highest BCUT2D eigenvalue weighted by Gasteiger charge is 2.14. The van der Waals surface area contributed by atoms with E-state index < -0.39 is 9.85 Å². The van der Waals surface area contributed by atoms with Gasteiger partial charge in [0.15, 0.2) is 0 Å². The van der Waals surface area contributed by atoms with E-state index >= 15 is 0 Å². The van der Waals surface area contributed by atoms with Crippen LogP contribution in [0.25, 0.3) is 11.3 Å². The maximum absolute atomic E-state index is 10.9. The summed E-state index contributed by atoms with van der Waals surface area (Å²) in [5.74, 6) is 0.669. The summed E-state index contributed by atoms with van der Waals surface area (Å²) in [6, 6.07) is 9.36. The molecule has 0 aliphatic carbocycles. The largest absolute Gasteiger partial charge is 0.507 e. The van der Waals surface area contributed by atoms with Crippen molar-refractivity contribution in [2.75, 3.05) is 5.43 Å². The Morgan fingerprint density at radius 1 is 1.07 bits per heavy atom. The van der Waals surface area contributed by atoms with Gasteiger partial charge in [-0.2, -0.15) is 5.10 Å². The van der Waals surface area contributed by atoms with E-state index in [0.29, 0.717) is 11.6 Å². The third-order valence-electron chi connectivity index (χ3n) is 3.41. The molecule has 2 N–H and O–H groups in total. The highest BCUT2D eigenvalue weighted by molar-refractivity contribution is 5.79. The minimum atomic E-state index is -0.574. The van der Waals surface area contributed by atoms with E-state index in [9.17, 15) is 25.3 Å². The molecule has 0 saturated heterocycles. The van der Waals surface area contributed by atoms with Gasteiger partial charge in [-0.1, -0.05) is 0 Å². The number of rotatable bonds is 6. The van der Waals surface area contributed by atoms with Crippen LogP contribution < -0.4 is 5.43 Å².